The first-order valence-electron chi connectivity index (χ1n) is 11.5. The fourth-order valence-electron chi connectivity index (χ4n) is 3.63. The fourth-order valence-corrected chi connectivity index (χ4v) is 3.63. The third-order valence-corrected chi connectivity index (χ3v) is 5.71. The number of benzene rings is 2. The third kappa shape index (κ3) is 6.53. The molecule has 3 N–H and O–H groups in total. The van der Waals surface area contributed by atoms with Gasteiger partial charge < -0.3 is 25.2 Å². The topological polar surface area (TPSA) is 129 Å². The molecule has 0 amide bonds. The van der Waals surface area contributed by atoms with E-state index in [1.54, 1.807) is 25.3 Å². The van der Waals surface area contributed by atoms with E-state index in [1.807, 2.05) is 36.4 Å². The average Bonchev–Trinajstić information content (AvgIpc) is 2.89. The number of ether oxygens (including phenoxy) is 2. The Bertz CT molecular complexity index is 1200. The second kappa shape index (κ2) is 11.4. The minimum Gasteiger partial charge on any atom is -0.489 e. The van der Waals surface area contributed by atoms with Crippen molar-refractivity contribution in [3.05, 3.63) is 65.9 Å². The van der Waals surface area contributed by atoms with Crippen LogP contribution in [-0.4, -0.2) is 46.4 Å². The summed E-state index contributed by atoms with van der Waals surface area (Å²) in [4.78, 5) is 19.8. The Morgan fingerprint density at radius 2 is 2.00 bits per heavy atom. The van der Waals surface area contributed by atoms with Crippen LogP contribution in [0.25, 0.3) is 11.3 Å². The number of carboxylic acids is 1. The number of carbonyl (C=O) groups is 1. The summed E-state index contributed by atoms with van der Waals surface area (Å²) >= 11 is 0. The van der Waals surface area contributed by atoms with Gasteiger partial charge in [0.05, 0.1) is 24.5 Å². The molecule has 0 radical (unpaired) electrons. The van der Waals surface area contributed by atoms with Gasteiger partial charge in [-0.25, -0.2) is 9.97 Å². The van der Waals surface area contributed by atoms with Crippen LogP contribution in [0.5, 0.6) is 5.75 Å². The van der Waals surface area contributed by atoms with Crippen molar-refractivity contribution in [2.45, 2.75) is 38.5 Å². The van der Waals surface area contributed by atoms with Crippen molar-refractivity contribution < 1.29 is 19.4 Å². The van der Waals surface area contributed by atoms with E-state index in [0.717, 1.165) is 29.7 Å². The first kappa shape index (κ1) is 24.1. The van der Waals surface area contributed by atoms with Gasteiger partial charge in [-0.2, -0.15) is 5.26 Å². The Kier molecular flexibility index (Phi) is 7.88. The molecule has 1 aliphatic rings. The largest absolute Gasteiger partial charge is 0.489 e. The van der Waals surface area contributed by atoms with Gasteiger partial charge in [0.25, 0.3) is 0 Å². The molecule has 1 aromatic heterocycles. The number of nitrogens with zero attached hydrogens (tertiary/aromatic N) is 3. The number of anilines is 2. The Labute approximate surface area is 203 Å². The maximum absolute atomic E-state index is 10.9. The van der Waals surface area contributed by atoms with Crippen LogP contribution < -0.4 is 15.4 Å². The molecule has 0 aliphatic carbocycles. The van der Waals surface area contributed by atoms with E-state index >= 15 is 0 Å². The summed E-state index contributed by atoms with van der Waals surface area (Å²) in [6.07, 6.45) is 3.34. The first-order chi connectivity index (χ1) is 17.0. The van der Waals surface area contributed by atoms with Crippen molar-refractivity contribution in [2.24, 2.45) is 0 Å². The zero-order valence-corrected chi connectivity index (χ0v) is 19.4. The second-order valence-corrected chi connectivity index (χ2v) is 8.28. The molecule has 1 saturated heterocycles. The van der Waals surface area contributed by atoms with Gasteiger partial charge >= 0.3 is 5.97 Å². The number of carboxylic acid groups (broad SMARTS) is 1. The molecule has 2 aromatic carbocycles. The van der Waals surface area contributed by atoms with E-state index in [1.165, 1.54) is 0 Å². The van der Waals surface area contributed by atoms with E-state index in [-0.39, 0.29) is 6.10 Å². The van der Waals surface area contributed by atoms with E-state index in [9.17, 15) is 10.1 Å². The predicted octanol–water partition coefficient (Wildman–Crippen LogP) is 3.88. The van der Waals surface area contributed by atoms with Gasteiger partial charge in [0, 0.05) is 36.8 Å². The van der Waals surface area contributed by atoms with Crippen LogP contribution in [0.3, 0.4) is 0 Å². The molecule has 9 heteroatoms. The predicted molar refractivity (Wildman–Crippen MR) is 130 cm³/mol. The van der Waals surface area contributed by atoms with Gasteiger partial charge in [-0.15, -0.1) is 0 Å². The third-order valence-electron chi connectivity index (χ3n) is 5.71. The van der Waals surface area contributed by atoms with Gasteiger partial charge in [-0.05, 0) is 48.9 Å². The summed E-state index contributed by atoms with van der Waals surface area (Å²) in [5.74, 6) is 0.112. The maximum atomic E-state index is 10.9. The molecule has 180 valence electrons. The van der Waals surface area contributed by atoms with Crippen LogP contribution in [0.15, 0.2) is 54.7 Å². The SMILES string of the molecule is C[C@H](NCc1ccc(Nc2nccc(-c3ccc(OC4CCOCC4)c(C#N)c3)n2)cc1)C(=O)O. The standard InChI is InChI=1S/C26H27N5O4/c1-17(25(32)33)29-16-18-2-5-21(6-3-18)30-26-28-11-8-23(31-26)19-4-7-24(20(14-19)15-27)35-22-9-12-34-13-10-22/h2-8,11,14,17,22,29H,9-10,12-13,16H2,1H3,(H,32,33)(H,28,30,31)/t17-/m0/s1. The molecule has 1 fully saturated rings. The summed E-state index contributed by atoms with van der Waals surface area (Å²) in [7, 11) is 0. The molecule has 2 heterocycles. The molecular formula is C26H27N5O4. The molecule has 0 unspecified atom stereocenters. The van der Waals surface area contributed by atoms with E-state index in [4.69, 9.17) is 14.6 Å². The van der Waals surface area contributed by atoms with Gasteiger partial charge in [-0.3, -0.25) is 4.79 Å². The zero-order chi connectivity index (χ0) is 24.6. The van der Waals surface area contributed by atoms with Crippen molar-refractivity contribution >= 4 is 17.6 Å². The molecule has 1 aliphatic heterocycles. The number of aromatic nitrogens is 2. The highest BCUT2D eigenvalue weighted by Crippen LogP contribution is 2.28. The molecule has 35 heavy (non-hydrogen) atoms. The van der Waals surface area contributed by atoms with Crippen LogP contribution in [-0.2, 0) is 16.1 Å². The molecule has 0 saturated carbocycles. The van der Waals surface area contributed by atoms with Crippen molar-refractivity contribution in [1.29, 1.82) is 5.26 Å². The normalized spacial score (nSPS) is 14.6. The summed E-state index contributed by atoms with van der Waals surface area (Å²) in [6.45, 7) is 3.40. The van der Waals surface area contributed by atoms with Crippen LogP contribution in [0.4, 0.5) is 11.6 Å². The Hall–Kier alpha value is -4.00. The highest BCUT2D eigenvalue weighted by molar-refractivity contribution is 5.72. The zero-order valence-electron chi connectivity index (χ0n) is 19.4. The summed E-state index contributed by atoms with van der Waals surface area (Å²) in [5.41, 5.74) is 3.70. The van der Waals surface area contributed by atoms with Gasteiger partial charge in [-0.1, -0.05) is 12.1 Å². The van der Waals surface area contributed by atoms with E-state index in [2.05, 4.69) is 26.7 Å². The number of nitriles is 1. The monoisotopic (exact) mass is 473 g/mol. The van der Waals surface area contributed by atoms with Crippen LogP contribution in [0.1, 0.15) is 30.9 Å². The van der Waals surface area contributed by atoms with Gasteiger partial charge in [0.15, 0.2) is 0 Å². The molecular weight excluding hydrogens is 446 g/mol. The fraction of sp³-hybridized carbons (Fsp3) is 0.308. The number of hydrogen-bond donors (Lipinski definition) is 3. The molecule has 3 aromatic rings. The number of aliphatic carboxylic acids is 1. The summed E-state index contributed by atoms with van der Waals surface area (Å²) in [5, 5.41) is 24.8. The minimum atomic E-state index is -0.885. The van der Waals surface area contributed by atoms with Crippen LogP contribution >= 0.6 is 0 Å². The minimum absolute atomic E-state index is 0.0549. The van der Waals surface area contributed by atoms with Crippen molar-refractivity contribution in [3.63, 3.8) is 0 Å². The average molecular weight is 474 g/mol. The smallest absolute Gasteiger partial charge is 0.320 e. The Balaban J connectivity index is 1.43. The first-order valence-corrected chi connectivity index (χ1v) is 11.5. The van der Waals surface area contributed by atoms with Crippen LogP contribution in [0.2, 0.25) is 0 Å². The maximum Gasteiger partial charge on any atom is 0.320 e. The summed E-state index contributed by atoms with van der Waals surface area (Å²) in [6, 6.07) is 16.5. The molecule has 1 atom stereocenters. The van der Waals surface area contributed by atoms with E-state index < -0.39 is 12.0 Å². The summed E-state index contributed by atoms with van der Waals surface area (Å²) < 4.78 is 11.4. The van der Waals surface area contributed by atoms with Crippen molar-refractivity contribution in [2.75, 3.05) is 18.5 Å². The van der Waals surface area contributed by atoms with Crippen molar-refractivity contribution in [3.8, 4) is 23.1 Å². The Morgan fingerprint density at radius 1 is 1.23 bits per heavy atom. The lowest BCUT2D eigenvalue weighted by Crippen LogP contribution is -2.33. The lowest BCUT2D eigenvalue weighted by Gasteiger charge is -2.23. The lowest BCUT2D eigenvalue weighted by molar-refractivity contribution is -0.139. The number of hydrogen-bond acceptors (Lipinski definition) is 8. The molecule has 0 spiro atoms. The van der Waals surface area contributed by atoms with Crippen molar-refractivity contribution in [1.82, 2.24) is 15.3 Å². The molecule has 4 rings (SSSR count). The molecule has 0 bridgehead atoms. The quantitative estimate of drug-likeness (QED) is 0.424. The lowest BCUT2D eigenvalue weighted by atomic mass is 10.1. The van der Waals surface area contributed by atoms with Gasteiger partial charge in [0.1, 0.15) is 24.0 Å². The Morgan fingerprint density at radius 3 is 2.71 bits per heavy atom. The number of nitrogens with one attached hydrogen (secondary N) is 2. The number of rotatable bonds is 9. The molecule has 9 nitrogen and oxygen atoms in total. The second-order valence-electron chi connectivity index (χ2n) is 8.28. The highest BCUT2D eigenvalue weighted by atomic mass is 16.5. The van der Waals surface area contributed by atoms with E-state index in [0.29, 0.717) is 42.7 Å². The highest BCUT2D eigenvalue weighted by Gasteiger charge is 2.17. The van der Waals surface area contributed by atoms with Crippen LogP contribution in [0, 0.1) is 11.3 Å². The van der Waals surface area contributed by atoms with Gasteiger partial charge in [0.2, 0.25) is 5.95 Å².